The molecular weight excluding hydrogens is 288 g/mol. The Labute approximate surface area is 119 Å². The normalized spacial score (nSPS) is 10.5. The van der Waals surface area contributed by atoms with Gasteiger partial charge in [0.15, 0.2) is 5.78 Å². The first kappa shape index (κ1) is 13.8. The molecule has 0 aromatic heterocycles. The average molecular weight is 298 g/mol. The third-order valence-corrected chi connectivity index (χ3v) is 3.26. The van der Waals surface area contributed by atoms with Gasteiger partial charge in [0, 0.05) is 16.3 Å². The van der Waals surface area contributed by atoms with E-state index in [1.165, 1.54) is 24.3 Å². The molecule has 0 unspecified atom stereocenters. The second-order valence-corrected chi connectivity index (χ2v) is 5.00. The highest BCUT2D eigenvalue weighted by molar-refractivity contribution is 6.36. The number of nitrogens with two attached hydrogens (primary N) is 1. The molecule has 0 radical (unpaired) electrons. The van der Waals surface area contributed by atoms with Crippen LogP contribution in [-0.4, -0.2) is 5.78 Å². The third-order valence-electron chi connectivity index (χ3n) is 2.69. The lowest BCUT2D eigenvalue weighted by atomic mass is 10.00. The van der Waals surface area contributed by atoms with Crippen molar-refractivity contribution in [2.24, 2.45) is 0 Å². The van der Waals surface area contributed by atoms with E-state index in [9.17, 15) is 9.18 Å². The maximum Gasteiger partial charge on any atom is 0.197 e. The fraction of sp³-hybridized carbons (Fsp3) is 0.0714. The summed E-state index contributed by atoms with van der Waals surface area (Å²) < 4.78 is 14.0. The van der Waals surface area contributed by atoms with Crippen molar-refractivity contribution in [2.75, 3.05) is 5.73 Å². The van der Waals surface area contributed by atoms with Crippen molar-refractivity contribution in [1.29, 1.82) is 0 Å². The van der Waals surface area contributed by atoms with Crippen molar-refractivity contribution in [3.05, 3.63) is 62.9 Å². The van der Waals surface area contributed by atoms with Gasteiger partial charge in [-0.2, -0.15) is 0 Å². The van der Waals surface area contributed by atoms with Gasteiger partial charge in [-0.25, -0.2) is 4.39 Å². The van der Waals surface area contributed by atoms with Crippen LogP contribution in [0.25, 0.3) is 0 Å². The number of carbonyl (C=O) groups is 1. The van der Waals surface area contributed by atoms with E-state index in [4.69, 9.17) is 28.9 Å². The molecule has 0 aliphatic carbocycles. The molecule has 98 valence electrons. The molecule has 2 rings (SSSR count). The van der Waals surface area contributed by atoms with E-state index in [1.807, 2.05) is 0 Å². The molecule has 2 nitrogen and oxygen atoms in total. The molecule has 0 fully saturated rings. The number of halogens is 3. The second-order valence-electron chi connectivity index (χ2n) is 4.15. The summed E-state index contributed by atoms with van der Waals surface area (Å²) in [6.07, 6.45) is 0. The molecule has 19 heavy (non-hydrogen) atoms. The van der Waals surface area contributed by atoms with Crippen LogP contribution in [0.5, 0.6) is 0 Å². The van der Waals surface area contributed by atoms with Crippen molar-refractivity contribution < 1.29 is 9.18 Å². The lowest BCUT2D eigenvalue weighted by molar-refractivity contribution is 0.103. The number of hydrogen-bond acceptors (Lipinski definition) is 2. The van der Waals surface area contributed by atoms with Gasteiger partial charge in [-0.05, 0) is 42.8 Å². The quantitative estimate of drug-likeness (QED) is 0.665. The van der Waals surface area contributed by atoms with E-state index in [0.29, 0.717) is 16.3 Å². The predicted octanol–water partition coefficient (Wildman–Crippen LogP) is 4.25. The Kier molecular flexibility index (Phi) is 3.78. The van der Waals surface area contributed by atoms with Crippen LogP contribution in [0.15, 0.2) is 30.3 Å². The number of rotatable bonds is 2. The van der Waals surface area contributed by atoms with Gasteiger partial charge in [0.2, 0.25) is 0 Å². The van der Waals surface area contributed by atoms with Crippen molar-refractivity contribution in [3.63, 3.8) is 0 Å². The van der Waals surface area contributed by atoms with Crippen LogP contribution in [0.1, 0.15) is 21.5 Å². The Morgan fingerprint density at radius 1 is 1.16 bits per heavy atom. The van der Waals surface area contributed by atoms with Crippen LogP contribution in [0, 0.1) is 12.7 Å². The Morgan fingerprint density at radius 2 is 1.84 bits per heavy atom. The summed E-state index contributed by atoms with van der Waals surface area (Å²) in [6.45, 7) is 1.54. The molecule has 5 heteroatoms. The van der Waals surface area contributed by atoms with Crippen LogP contribution >= 0.6 is 23.2 Å². The van der Waals surface area contributed by atoms with Crippen LogP contribution in [0.2, 0.25) is 10.0 Å². The lowest BCUT2D eigenvalue weighted by Gasteiger charge is -2.08. The molecule has 2 aromatic rings. The van der Waals surface area contributed by atoms with E-state index >= 15 is 0 Å². The van der Waals surface area contributed by atoms with E-state index in [2.05, 4.69) is 0 Å². The molecule has 0 bridgehead atoms. The maximum absolute atomic E-state index is 14.0. The predicted molar refractivity (Wildman–Crippen MR) is 75.4 cm³/mol. The summed E-state index contributed by atoms with van der Waals surface area (Å²) in [4.78, 5) is 12.3. The standard InChI is InChI=1S/C14H10Cl2FNO/c1-7-4-9(18)6-11(13(7)17)14(19)10-5-8(15)2-3-12(10)16/h2-6H,18H2,1H3. The molecule has 0 aliphatic heterocycles. The number of aryl methyl sites for hydroxylation is 1. The monoisotopic (exact) mass is 297 g/mol. The Balaban J connectivity index is 2.59. The molecule has 2 aromatic carbocycles. The number of carbonyl (C=O) groups excluding carboxylic acids is 1. The molecule has 0 aliphatic rings. The van der Waals surface area contributed by atoms with Crippen LogP contribution < -0.4 is 5.73 Å². The minimum atomic E-state index is -0.602. The summed E-state index contributed by atoms with van der Waals surface area (Å²) in [7, 11) is 0. The Bertz CT molecular complexity index is 671. The lowest BCUT2D eigenvalue weighted by Crippen LogP contribution is -2.07. The molecule has 0 saturated carbocycles. The molecule has 0 saturated heterocycles. The van der Waals surface area contributed by atoms with Crippen molar-refractivity contribution in [2.45, 2.75) is 6.92 Å². The van der Waals surface area contributed by atoms with E-state index < -0.39 is 11.6 Å². The molecule has 0 spiro atoms. The fourth-order valence-electron chi connectivity index (χ4n) is 1.78. The van der Waals surface area contributed by atoms with Crippen LogP contribution in [0.3, 0.4) is 0 Å². The largest absolute Gasteiger partial charge is 0.399 e. The van der Waals surface area contributed by atoms with E-state index in [0.717, 1.165) is 0 Å². The summed E-state index contributed by atoms with van der Waals surface area (Å²) in [5.74, 6) is -1.14. The summed E-state index contributed by atoms with van der Waals surface area (Å²) >= 11 is 11.8. The first-order valence-electron chi connectivity index (χ1n) is 5.45. The minimum absolute atomic E-state index is 0.110. The molecule has 0 heterocycles. The zero-order chi connectivity index (χ0) is 14.2. The number of nitrogen functional groups attached to an aromatic ring is 1. The van der Waals surface area contributed by atoms with Gasteiger partial charge in [-0.1, -0.05) is 23.2 Å². The third kappa shape index (κ3) is 2.72. The number of ketones is 1. The maximum atomic E-state index is 14.0. The van der Waals surface area contributed by atoms with Crippen LogP contribution in [-0.2, 0) is 0 Å². The van der Waals surface area contributed by atoms with Gasteiger partial charge in [-0.15, -0.1) is 0 Å². The first-order chi connectivity index (χ1) is 8.90. The van der Waals surface area contributed by atoms with E-state index in [1.54, 1.807) is 13.0 Å². The van der Waals surface area contributed by atoms with Gasteiger partial charge in [-0.3, -0.25) is 4.79 Å². The Morgan fingerprint density at radius 3 is 2.53 bits per heavy atom. The minimum Gasteiger partial charge on any atom is -0.399 e. The first-order valence-corrected chi connectivity index (χ1v) is 6.21. The highest BCUT2D eigenvalue weighted by Gasteiger charge is 2.19. The SMILES string of the molecule is Cc1cc(N)cc(C(=O)c2cc(Cl)ccc2Cl)c1F. The average Bonchev–Trinajstić information content (AvgIpc) is 2.36. The van der Waals surface area contributed by atoms with Crippen LogP contribution in [0.4, 0.5) is 10.1 Å². The van der Waals surface area contributed by atoms with Crippen molar-refractivity contribution in [1.82, 2.24) is 0 Å². The van der Waals surface area contributed by atoms with E-state index in [-0.39, 0.29) is 16.1 Å². The topological polar surface area (TPSA) is 43.1 Å². The fourth-order valence-corrected chi connectivity index (χ4v) is 2.15. The summed E-state index contributed by atoms with van der Waals surface area (Å²) in [6, 6.07) is 7.22. The molecule has 0 atom stereocenters. The number of benzene rings is 2. The number of anilines is 1. The summed E-state index contributed by atoms with van der Waals surface area (Å²) in [5, 5.41) is 0.572. The molecular formula is C14H10Cl2FNO. The number of hydrogen-bond donors (Lipinski definition) is 1. The van der Waals surface area contributed by atoms with Gasteiger partial charge in [0.05, 0.1) is 10.6 Å². The highest BCUT2D eigenvalue weighted by atomic mass is 35.5. The molecule has 2 N–H and O–H groups in total. The summed E-state index contributed by atoms with van der Waals surface area (Å²) in [5.41, 5.74) is 6.30. The zero-order valence-electron chi connectivity index (χ0n) is 10.0. The Hall–Kier alpha value is -1.58. The second kappa shape index (κ2) is 5.19. The van der Waals surface area contributed by atoms with Gasteiger partial charge in [0.1, 0.15) is 5.82 Å². The molecule has 0 amide bonds. The zero-order valence-corrected chi connectivity index (χ0v) is 11.5. The highest BCUT2D eigenvalue weighted by Crippen LogP contribution is 2.26. The van der Waals surface area contributed by atoms with Crippen molar-refractivity contribution in [3.8, 4) is 0 Å². The van der Waals surface area contributed by atoms with Gasteiger partial charge < -0.3 is 5.73 Å². The smallest absolute Gasteiger partial charge is 0.197 e. The van der Waals surface area contributed by atoms with Gasteiger partial charge >= 0.3 is 0 Å². The van der Waals surface area contributed by atoms with Crippen molar-refractivity contribution >= 4 is 34.7 Å². The van der Waals surface area contributed by atoms with Gasteiger partial charge in [0.25, 0.3) is 0 Å².